The van der Waals surface area contributed by atoms with Crippen LogP contribution in [-0.4, -0.2) is 35.1 Å². The first-order chi connectivity index (χ1) is 7.72. The van der Waals surface area contributed by atoms with Gasteiger partial charge >= 0.3 is 0 Å². The normalized spacial score (nSPS) is 21.1. The molecule has 0 amide bonds. The van der Waals surface area contributed by atoms with Crippen LogP contribution in [0.25, 0.3) is 0 Å². The van der Waals surface area contributed by atoms with Crippen molar-refractivity contribution in [3.63, 3.8) is 0 Å². The highest BCUT2D eigenvalue weighted by Crippen LogP contribution is 2.39. The van der Waals surface area contributed by atoms with Gasteiger partial charge < -0.3 is 15.4 Å². The monoisotopic (exact) mass is 259 g/mol. The van der Waals surface area contributed by atoms with Crippen molar-refractivity contribution in [2.45, 2.75) is 19.1 Å². The van der Waals surface area contributed by atoms with Crippen LogP contribution in [0.5, 0.6) is 5.75 Å². The Hall–Kier alpha value is -0.620. The summed E-state index contributed by atoms with van der Waals surface area (Å²) in [6.07, 6.45) is 0. The van der Waals surface area contributed by atoms with Gasteiger partial charge in [-0.3, -0.25) is 0 Å². The molecule has 90 valence electrons. The van der Waals surface area contributed by atoms with E-state index in [0.717, 1.165) is 29.6 Å². The number of hydrogen-bond donors (Lipinski definition) is 1. The number of nitrogens with zero attached hydrogens (tertiary/aromatic N) is 2. The third kappa shape index (κ3) is 2.38. The number of ether oxygens (including phenoxy) is 1. The van der Waals surface area contributed by atoms with E-state index in [1.165, 1.54) is 11.5 Å². The average Bonchev–Trinajstić information content (AvgIpc) is 2.61. The Morgan fingerprint density at radius 1 is 1.62 bits per heavy atom. The molecule has 1 saturated heterocycles. The van der Waals surface area contributed by atoms with Gasteiger partial charge in [0.2, 0.25) is 0 Å². The van der Waals surface area contributed by atoms with Crippen molar-refractivity contribution in [1.29, 1.82) is 0 Å². The summed E-state index contributed by atoms with van der Waals surface area (Å²) in [6.45, 7) is 6.95. The molecule has 1 aromatic heterocycles. The van der Waals surface area contributed by atoms with Crippen molar-refractivity contribution in [2.24, 2.45) is 0 Å². The SMILES string of the molecule is CCOc1c(N)nsc1N1CCSC(C)C1. The Kier molecular flexibility index (Phi) is 3.81. The molecule has 2 rings (SSSR count). The molecule has 1 unspecified atom stereocenters. The standard InChI is InChI=1S/C10H17N3OS2/c1-3-14-8-9(11)12-16-10(8)13-4-5-15-7(2)6-13/h7H,3-6H2,1-2H3,(H2,11,12). The Morgan fingerprint density at radius 3 is 3.12 bits per heavy atom. The maximum Gasteiger partial charge on any atom is 0.197 e. The zero-order valence-electron chi connectivity index (χ0n) is 9.60. The highest BCUT2D eigenvalue weighted by molar-refractivity contribution is 8.00. The number of nitrogens with two attached hydrogens (primary N) is 1. The van der Waals surface area contributed by atoms with Crippen molar-refractivity contribution in [2.75, 3.05) is 36.1 Å². The lowest BCUT2D eigenvalue weighted by Crippen LogP contribution is -2.36. The summed E-state index contributed by atoms with van der Waals surface area (Å²) in [7, 11) is 0. The topological polar surface area (TPSA) is 51.4 Å². The summed E-state index contributed by atoms with van der Waals surface area (Å²) < 4.78 is 9.75. The van der Waals surface area contributed by atoms with Crippen LogP contribution in [0, 0.1) is 0 Å². The average molecular weight is 259 g/mol. The summed E-state index contributed by atoms with van der Waals surface area (Å²) in [5.41, 5.74) is 5.81. The lowest BCUT2D eigenvalue weighted by Gasteiger charge is -2.31. The van der Waals surface area contributed by atoms with E-state index in [1.54, 1.807) is 0 Å². The third-order valence-electron chi connectivity index (χ3n) is 2.47. The summed E-state index contributed by atoms with van der Waals surface area (Å²) >= 11 is 3.45. The molecule has 6 heteroatoms. The number of thioether (sulfide) groups is 1. The van der Waals surface area contributed by atoms with Crippen LogP contribution in [-0.2, 0) is 0 Å². The number of hydrogen-bond acceptors (Lipinski definition) is 6. The second kappa shape index (κ2) is 5.14. The van der Waals surface area contributed by atoms with Crippen molar-refractivity contribution in [3.8, 4) is 5.75 Å². The Balaban J connectivity index is 2.18. The molecule has 0 saturated carbocycles. The van der Waals surface area contributed by atoms with Crippen LogP contribution >= 0.6 is 23.3 Å². The fourth-order valence-electron chi connectivity index (χ4n) is 1.77. The Labute approximate surface area is 104 Å². The second-order valence-corrected chi connectivity index (χ2v) is 6.06. The first kappa shape index (κ1) is 11.9. The van der Waals surface area contributed by atoms with E-state index >= 15 is 0 Å². The molecule has 1 aliphatic rings. The largest absolute Gasteiger partial charge is 0.487 e. The number of rotatable bonds is 3. The maximum atomic E-state index is 5.81. The molecule has 1 aliphatic heterocycles. The Morgan fingerprint density at radius 2 is 2.44 bits per heavy atom. The summed E-state index contributed by atoms with van der Waals surface area (Å²) in [4.78, 5) is 2.33. The van der Waals surface area contributed by atoms with Gasteiger partial charge in [0.1, 0.15) is 0 Å². The molecule has 1 aromatic rings. The Bertz CT molecular complexity index is 356. The summed E-state index contributed by atoms with van der Waals surface area (Å²) in [6, 6.07) is 0. The van der Waals surface area contributed by atoms with Crippen LogP contribution < -0.4 is 15.4 Å². The van der Waals surface area contributed by atoms with Gasteiger partial charge in [-0.1, -0.05) is 6.92 Å². The minimum Gasteiger partial charge on any atom is -0.487 e. The minimum absolute atomic E-state index is 0.521. The third-order valence-corrected chi connectivity index (χ3v) is 4.52. The van der Waals surface area contributed by atoms with E-state index in [-0.39, 0.29) is 0 Å². The van der Waals surface area contributed by atoms with Crippen LogP contribution in [0.4, 0.5) is 10.8 Å². The fourth-order valence-corrected chi connectivity index (χ4v) is 3.58. The predicted octanol–water partition coefficient (Wildman–Crippen LogP) is 2.07. The summed E-state index contributed by atoms with van der Waals surface area (Å²) in [5.74, 6) is 2.45. The second-order valence-electron chi connectivity index (χ2n) is 3.76. The van der Waals surface area contributed by atoms with E-state index in [1.807, 2.05) is 18.7 Å². The molecule has 0 aromatic carbocycles. The highest BCUT2D eigenvalue weighted by atomic mass is 32.2. The lowest BCUT2D eigenvalue weighted by molar-refractivity contribution is 0.343. The predicted molar refractivity (Wildman–Crippen MR) is 71.8 cm³/mol. The molecule has 1 fully saturated rings. The van der Waals surface area contributed by atoms with Crippen LogP contribution in [0.15, 0.2) is 0 Å². The number of anilines is 2. The number of aromatic nitrogens is 1. The van der Waals surface area contributed by atoms with Gasteiger partial charge in [0.05, 0.1) is 6.61 Å². The maximum absolute atomic E-state index is 5.81. The van der Waals surface area contributed by atoms with E-state index in [4.69, 9.17) is 10.5 Å². The quantitative estimate of drug-likeness (QED) is 0.900. The molecule has 1 atom stereocenters. The van der Waals surface area contributed by atoms with Crippen LogP contribution in [0.3, 0.4) is 0 Å². The molecule has 0 radical (unpaired) electrons. The van der Waals surface area contributed by atoms with Crippen molar-refractivity contribution < 1.29 is 4.74 Å². The van der Waals surface area contributed by atoms with Gasteiger partial charge in [-0.15, -0.1) is 0 Å². The van der Waals surface area contributed by atoms with Crippen molar-refractivity contribution >= 4 is 34.1 Å². The fraction of sp³-hybridized carbons (Fsp3) is 0.700. The molecule has 4 nitrogen and oxygen atoms in total. The smallest absolute Gasteiger partial charge is 0.197 e. The molecule has 16 heavy (non-hydrogen) atoms. The molecular weight excluding hydrogens is 242 g/mol. The van der Waals surface area contributed by atoms with Gasteiger partial charge in [0.15, 0.2) is 16.6 Å². The number of nitrogen functional groups attached to an aromatic ring is 1. The van der Waals surface area contributed by atoms with Crippen molar-refractivity contribution in [1.82, 2.24) is 4.37 Å². The lowest BCUT2D eigenvalue weighted by atomic mass is 10.4. The minimum atomic E-state index is 0.521. The van der Waals surface area contributed by atoms with Gasteiger partial charge in [0.25, 0.3) is 0 Å². The molecule has 0 aliphatic carbocycles. The first-order valence-electron chi connectivity index (χ1n) is 5.46. The molecule has 2 heterocycles. The van der Waals surface area contributed by atoms with E-state index in [0.29, 0.717) is 17.7 Å². The zero-order chi connectivity index (χ0) is 11.5. The van der Waals surface area contributed by atoms with Gasteiger partial charge in [-0.2, -0.15) is 16.1 Å². The van der Waals surface area contributed by atoms with Crippen molar-refractivity contribution in [3.05, 3.63) is 0 Å². The summed E-state index contributed by atoms with van der Waals surface area (Å²) in [5, 5.41) is 1.75. The van der Waals surface area contributed by atoms with Crippen LogP contribution in [0.2, 0.25) is 0 Å². The van der Waals surface area contributed by atoms with E-state index < -0.39 is 0 Å². The van der Waals surface area contributed by atoms with E-state index in [2.05, 4.69) is 16.2 Å². The molecule has 0 spiro atoms. The van der Waals surface area contributed by atoms with Gasteiger partial charge in [-0.25, -0.2) is 0 Å². The highest BCUT2D eigenvalue weighted by Gasteiger charge is 2.23. The van der Waals surface area contributed by atoms with Crippen LogP contribution in [0.1, 0.15) is 13.8 Å². The van der Waals surface area contributed by atoms with E-state index in [9.17, 15) is 0 Å². The molecule has 2 N–H and O–H groups in total. The zero-order valence-corrected chi connectivity index (χ0v) is 11.2. The first-order valence-corrected chi connectivity index (χ1v) is 7.29. The van der Waals surface area contributed by atoms with Gasteiger partial charge in [0, 0.05) is 24.1 Å². The van der Waals surface area contributed by atoms with Gasteiger partial charge in [-0.05, 0) is 18.5 Å². The molecular formula is C10H17N3OS2. The molecule has 0 bridgehead atoms.